The molecule has 0 bridgehead atoms. The van der Waals surface area contributed by atoms with E-state index in [1.54, 1.807) is 0 Å². The lowest BCUT2D eigenvalue weighted by atomic mass is 9.96. The predicted molar refractivity (Wildman–Crippen MR) is 53.4 cm³/mol. The predicted octanol–water partition coefficient (Wildman–Crippen LogP) is 3.45. The highest BCUT2D eigenvalue weighted by Crippen LogP contribution is 2.31. The monoisotopic (exact) mass is 212 g/mol. The Bertz CT molecular complexity index is 343. The number of benzene rings is 1. The molecular formula is C12H14F2O. The summed E-state index contributed by atoms with van der Waals surface area (Å²) in [5.41, 5.74) is 0.349. The van der Waals surface area contributed by atoms with Gasteiger partial charge in [0.05, 0.1) is 6.10 Å². The van der Waals surface area contributed by atoms with E-state index < -0.39 is 5.82 Å². The number of halogens is 2. The Morgan fingerprint density at radius 2 is 2.07 bits per heavy atom. The van der Waals surface area contributed by atoms with E-state index in [-0.39, 0.29) is 11.9 Å². The average Bonchev–Trinajstić information content (AvgIpc) is 2.23. The molecule has 1 aliphatic rings. The van der Waals surface area contributed by atoms with E-state index in [1.165, 1.54) is 6.07 Å². The minimum atomic E-state index is -0.409. The first-order valence-electron chi connectivity index (χ1n) is 5.23. The minimum Gasteiger partial charge on any atom is -0.373 e. The molecule has 0 N–H and O–H groups in total. The van der Waals surface area contributed by atoms with E-state index in [0.717, 1.165) is 25.0 Å². The van der Waals surface area contributed by atoms with Gasteiger partial charge in [-0.25, -0.2) is 8.78 Å². The van der Waals surface area contributed by atoms with Gasteiger partial charge in [0.1, 0.15) is 11.6 Å². The van der Waals surface area contributed by atoms with Gasteiger partial charge in [-0.15, -0.1) is 0 Å². The van der Waals surface area contributed by atoms with Gasteiger partial charge in [-0.2, -0.15) is 0 Å². The molecule has 15 heavy (non-hydrogen) atoms. The van der Waals surface area contributed by atoms with Crippen molar-refractivity contribution in [3.8, 4) is 0 Å². The van der Waals surface area contributed by atoms with Crippen LogP contribution in [0.2, 0.25) is 0 Å². The molecule has 82 valence electrons. The zero-order valence-corrected chi connectivity index (χ0v) is 8.67. The van der Waals surface area contributed by atoms with Crippen LogP contribution in [-0.2, 0) is 4.74 Å². The van der Waals surface area contributed by atoms with Crippen LogP contribution < -0.4 is 0 Å². The number of ether oxygens (including phenoxy) is 1. The molecule has 0 radical (unpaired) electrons. The Hall–Kier alpha value is -0.960. The van der Waals surface area contributed by atoms with Crippen LogP contribution in [0.1, 0.15) is 31.4 Å². The van der Waals surface area contributed by atoms with Gasteiger partial charge in [0.15, 0.2) is 0 Å². The molecule has 0 spiro atoms. The van der Waals surface area contributed by atoms with Crippen molar-refractivity contribution in [3.05, 3.63) is 35.4 Å². The SMILES string of the molecule is CC1CC[C@@H](c2cc(F)ccc2F)OC1. The van der Waals surface area contributed by atoms with Crippen molar-refractivity contribution in [2.75, 3.05) is 6.61 Å². The molecule has 1 fully saturated rings. The molecule has 1 aliphatic heterocycles. The second-order valence-corrected chi connectivity index (χ2v) is 4.17. The highest BCUT2D eigenvalue weighted by Gasteiger charge is 2.23. The molecule has 1 saturated heterocycles. The van der Waals surface area contributed by atoms with Crippen molar-refractivity contribution in [3.63, 3.8) is 0 Å². The molecule has 1 nitrogen and oxygen atoms in total. The molecule has 3 heteroatoms. The van der Waals surface area contributed by atoms with Gasteiger partial charge in [-0.3, -0.25) is 0 Å². The van der Waals surface area contributed by atoms with E-state index in [9.17, 15) is 8.78 Å². The van der Waals surface area contributed by atoms with E-state index in [2.05, 4.69) is 6.92 Å². The maximum atomic E-state index is 13.4. The smallest absolute Gasteiger partial charge is 0.129 e. The normalized spacial score (nSPS) is 26.6. The first kappa shape index (κ1) is 10.6. The number of hydrogen-bond donors (Lipinski definition) is 0. The summed E-state index contributed by atoms with van der Waals surface area (Å²) in [6.07, 6.45) is 1.49. The van der Waals surface area contributed by atoms with Crippen LogP contribution in [0, 0.1) is 17.6 Å². The van der Waals surface area contributed by atoms with Crippen molar-refractivity contribution in [1.82, 2.24) is 0 Å². The fourth-order valence-electron chi connectivity index (χ4n) is 1.89. The Morgan fingerprint density at radius 1 is 1.27 bits per heavy atom. The first-order chi connectivity index (χ1) is 7.16. The molecule has 0 aliphatic carbocycles. The summed E-state index contributed by atoms with van der Waals surface area (Å²) in [6.45, 7) is 2.72. The third-order valence-electron chi connectivity index (χ3n) is 2.81. The van der Waals surface area contributed by atoms with Crippen LogP contribution >= 0.6 is 0 Å². The largest absolute Gasteiger partial charge is 0.373 e. The lowest BCUT2D eigenvalue weighted by molar-refractivity contribution is -0.0143. The molecule has 1 heterocycles. The van der Waals surface area contributed by atoms with Gasteiger partial charge in [-0.05, 0) is 37.0 Å². The fraction of sp³-hybridized carbons (Fsp3) is 0.500. The van der Waals surface area contributed by atoms with Crippen LogP contribution in [0.5, 0.6) is 0 Å². The fourth-order valence-corrected chi connectivity index (χ4v) is 1.89. The summed E-state index contributed by atoms with van der Waals surface area (Å²) in [5.74, 6) is -0.276. The van der Waals surface area contributed by atoms with Crippen LogP contribution in [0.25, 0.3) is 0 Å². The Kier molecular flexibility index (Phi) is 3.00. The van der Waals surface area contributed by atoms with Crippen LogP contribution in [-0.4, -0.2) is 6.61 Å². The van der Waals surface area contributed by atoms with Crippen LogP contribution in [0.15, 0.2) is 18.2 Å². The summed E-state index contributed by atoms with van der Waals surface area (Å²) in [5, 5.41) is 0. The van der Waals surface area contributed by atoms with Crippen molar-refractivity contribution in [2.45, 2.75) is 25.9 Å². The summed E-state index contributed by atoms with van der Waals surface area (Å²) in [4.78, 5) is 0. The van der Waals surface area contributed by atoms with Gasteiger partial charge in [0, 0.05) is 12.2 Å². The number of rotatable bonds is 1. The third-order valence-corrected chi connectivity index (χ3v) is 2.81. The van der Waals surface area contributed by atoms with E-state index in [1.807, 2.05) is 0 Å². The molecule has 2 atom stereocenters. The van der Waals surface area contributed by atoms with E-state index in [0.29, 0.717) is 18.1 Å². The van der Waals surface area contributed by atoms with Gasteiger partial charge in [0.25, 0.3) is 0 Å². The highest BCUT2D eigenvalue weighted by atomic mass is 19.1. The highest BCUT2D eigenvalue weighted by molar-refractivity contribution is 5.21. The lowest BCUT2D eigenvalue weighted by Crippen LogP contribution is -2.19. The zero-order valence-electron chi connectivity index (χ0n) is 8.67. The summed E-state index contributed by atoms with van der Waals surface area (Å²) in [7, 11) is 0. The average molecular weight is 212 g/mol. The van der Waals surface area contributed by atoms with Gasteiger partial charge < -0.3 is 4.74 Å². The Morgan fingerprint density at radius 3 is 2.73 bits per heavy atom. The Balaban J connectivity index is 2.18. The molecular weight excluding hydrogens is 198 g/mol. The molecule has 1 unspecified atom stereocenters. The molecule has 0 saturated carbocycles. The quantitative estimate of drug-likeness (QED) is 0.692. The van der Waals surface area contributed by atoms with Crippen LogP contribution in [0.4, 0.5) is 8.78 Å². The molecule has 1 aromatic carbocycles. The van der Waals surface area contributed by atoms with E-state index >= 15 is 0 Å². The van der Waals surface area contributed by atoms with Gasteiger partial charge in [-0.1, -0.05) is 6.92 Å². The van der Waals surface area contributed by atoms with Gasteiger partial charge in [0.2, 0.25) is 0 Å². The lowest BCUT2D eigenvalue weighted by Gasteiger charge is -2.27. The second-order valence-electron chi connectivity index (χ2n) is 4.17. The summed E-state index contributed by atoms with van der Waals surface area (Å²) in [6, 6.07) is 3.52. The van der Waals surface area contributed by atoms with E-state index in [4.69, 9.17) is 4.74 Å². The van der Waals surface area contributed by atoms with Crippen molar-refractivity contribution in [1.29, 1.82) is 0 Å². The van der Waals surface area contributed by atoms with Crippen molar-refractivity contribution >= 4 is 0 Å². The molecule has 0 amide bonds. The maximum absolute atomic E-state index is 13.4. The molecule has 1 aromatic rings. The zero-order chi connectivity index (χ0) is 10.8. The Labute approximate surface area is 88.1 Å². The summed E-state index contributed by atoms with van der Waals surface area (Å²) >= 11 is 0. The van der Waals surface area contributed by atoms with Crippen molar-refractivity contribution < 1.29 is 13.5 Å². The number of hydrogen-bond acceptors (Lipinski definition) is 1. The second kappa shape index (κ2) is 4.27. The molecule has 0 aromatic heterocycles. The van der Waals surface area contributed by atoms with Crippen molar-refractivity contribution in [2.24, 2.45) is 5.92 Å². The van der Waals surface area contributed by atoms with Gasteiger partial charge >= 0.3 is 0 Å². The first-order valence-corrected chi connectivity index (χ1v) is 5.23. The minimum absolute atomic E-state index is 0.281. The third kappa shape index (κ3) is 2.34. The topological polar surface area (TPSA) is 9.23 Å². The maximum Gasteiger partial charge on any atom is 0.129 e. The molecule has 2 rings (SSSR count). The van der Waals surface area contributed by atoms with Crippen LogP contribution in [0.3, 0.4) is 0 Å². The standard InChI is InChI=1S/C12H14F2O/c1-8-2-5-12(15-7-8)10-6-9(13)3-4-11(10)14/h3-4,6,8,12H,2,5,7H2,1H3/t8?,12-/m0/s1. The summed E-state index contributed by atoms with van der Waals surface area (Å²) < 4.78 is 31.9.